The molecule has 0 unspecified atom stereocenters. The molecule has 23 heavy (non-hydrogen) atoms. The molecule has 0 spiro atoms. The van der Waals surface area contributed by atoms with Crippen LogP contribution in [-0.2, 0) is 24.4 Å². The fraction of sp³-hybridized carbons (Fsp3) is 0.714. The van der Waals surface area contributed by atoms with Crippen molar-refractivity contribution in [1.29, 1.82) is 0 Å². The van der Waals surface area contributed by atoms with Crippen LogP contribution in [0, 0.1) is 0 Å². The van der Waals surface area contributed by atoms with E-state index in [2.05, 4.69) is 9.47 Å². The Hall–Kier alpha value is -1.45. The monoisotopic (exact) mass is 390 g/mol. The highest BCUT2D eigenvalue weighted by Gasteiger charge is 2.71. The van der Waals surface area contributed by atoms with Gasteiger partial charge in [0.05, 0.1) is 0 Å². The van der Waals surface area contributed by atoms with E-state index in [1.807, 2.05) is 0 Å². The molecule has 1 aliphatic rings. The van der Waals surface area contributed by atoms with Gasteiger partial charge in [0.15, 0.2) is 0 Å². The lowest BCUT2D eigenvalue weighted by atomic mass is 10.6. The van der Waals surface area contributed by atoms with Crippen LogP contribution in [0.5, 0.6) is 0 Å². The Morgan fingerprint density at radius 2 is 1.35 bits per heavy atom. The molecule has 0 aliphatic carbocycles. The van der Waals surface area contributed by atoms with Gasteiger partial charge in [0.2, 0.25) is 0 Å². The van der Waals surface area contributed by atoms with Crippen LogP contribution in [0.25, 0.3) is 0 Å². The summed E-state index contributed by atoms with van der Waals surface area (Å²) in [6.07, 6.45) is -14.7. The summed E-state index contributed by atoms with van der Waals surface area (Å²) < 4.78 is 144. The van der Waals surface area contributed by atoms with Crippen molar-refractivity contribution in [3.63, 3.8) is 0 Å². The van der Waals surface area contributed by atoms with E-state index in [-0.39, 0.29) is 13.2 Å². The molecule has 0 amide bonds. The molecule has 1 rings (SSSR count). The summed E-state index contributed by atoms with van der Waals surface area (Å²) in [5, 5.41) is -6.63. The van der Waals surface area contributed by atoms with Crippen molar-refractivity contribution in [2.75, 3.05) is 13.2 Å². The van der Waals surface area contributed by atoms with E-state index in [1.54, 1.807) is 0 Å². The van der Waals surface area contributed by atoms with Gasteiger partial charge in [-0.25, -0.2) is 4.74 Å². The van der Waals surface area contributed by atoms with Crippen molar-refractivity contribution < 1.29 is 66.0 Å². The molecule has 1 fully saturated rings. The van der Waals surface area contributed by atoms with Crippen molar-refractivity contribution in [1.82, 2.24) is 0 Å². The van der Waals surface area contributed by atoms with Crippen molar-refractivity contribution in [2.24, 2.45) is 0 Å². The Bertz CT molecular complexity index is 526. The lowest BCUT2D eigenvalue weighted by Crippen LogP contribution is -2.49. The average Bonchev–Trinajstić information content (AvgIpc) is 2.77. The third-order valence-electron chi connectivity index (χ3n) is 1.59. The van der Waals surface area contributed by atoms with E-state index >= 15 is 0 Å². The van der Waals surface area contributed by atoms with Crippen molar-refractivity contribution >= 4 is 10.2 Å². The summed E-state index contributed by atoms with van der Waals surface area (Å²) in [4.78, 5) is 0. The van der Waals surface area contributed by atoms with Crippen LogP contribution in [0.4, 0.5) is 43.4 Å². The molecule has 138 valence electrons. The number of halogens is 10. The molecular weight excluding hydrogens is 386 g/mol. The van der Waals surface area contributed by atoms with Gasteiger partial charge in [-0.15, -0.1) is 13.2 Å². The second-order valence-corrected chi connectivity index (χ2v) is 4.65. The second-order valence-electron chi connectivity index (χ2n) is 3.26. The normalized spacial score (nSPS) is 16.2. The molecule has 0 N–H and O–H groups in total. The first kappa shape index (κ1) is 21.6. The molecule has 1 saturated heterocycles. The molecule has 0 saturated carbocycles. The molecule has 1 aliphatic heterocycles. The molecule has 0 bridgehead atoms. The van der Waals surface area contributed by atoms with Crippen molar-refractivity contribution in [3.05, 3.63) is 12.0 Å². The first-order valence-corrected chi connectivity index (χ1v) is 6.17. The van der Waals surface area contributed by atoms with Gasteiger partial charge in [-0.1, -0.05) is 3.89 Å². The molecule has 16 heteroatoms. The lowest BCUT2D eigenvalue weighted by Gasteiger charge is -2.23. The maximum absolute atomic E-state index is 11.9. The number of rotatable bonds is 3. The molecule has 0 aromatic rings. The number of alkyl halides is 7. The van der Waals surface area contributed by atoms with E-state index in [4.69, 9.17) is 0 Å². The Labute approximate surface area is 120 Å². The fourth-order valence-corrected chi connectivity index (χ4v) is 1.09. The average molecular weight is 390 g/mol. The van der Waals surface area contributed by atoms with Crippen molar-refractivity contribution in [2.45, 2.75) is 17.7 Å². The molecule has 0 radical (unpaired) electrons. The second kappa shape index (κ2) is 6.98. The molecule has 0 atom stereocenters. The van der Waals surface area contributed by atoms with Crippen LogP contribution in [0.1, 0.15) is 0 Å². The lowest BCUT2D eigenvalue weighted by molar-refractivity contribution is -0.453. The third-order valence-corrected chi connectivity index (χ3v) is 2.44. The summed E-state index contributed by atoms with van der Waals surface area (Å²) in [6.45, 7) is 0.458. The quantitative estimate of drug-likeness (QED) is 0.548. The summed E-state index contributed by atoms with van der Waals surface area (Å²) in [6, 6.07) is 0. The minimum atomic E-state index is -7.24. The zero-order valence-electron chi connectivity index (χ0n) is 10.1. The van der Waals surface area contributed by atoms with E-state index < -0.39 is 40.0 Å². The SMILES string of the molecule is FC(F)=C1OCCO1.O=S(=O)(F)C(F)(F)C(F)(F)OC(F)(F)F. The summed E-state index contributed by atoms with van der Waals surface area (Å²) in [5.41, 5.74) is 0. The maximum atomic E-state index is 11.9. The molecule has 0 aromatic carbocycles. The van der Waals surface area contributed by atoms with Crippen LogP contribution in [0.3, 0.4) is 0 Å². The Kier molecular flexibility index (Phi) is 6.54. The number of hydrogen-bond acceptors (Lipinski definition) is 5. The van der Waals surface area contributed by atoms with Crippen LogP contribution >= 0.6 is 0 Å². The maximum Gasteiger partial charge on any atom is 0.527 e. The Balaban J connectivity index is 0.000000502. The standard InChI is InChI=1S/C4H4F2O2.C3F8O3S/c5-3(6)4-7-1-2-8-4;4-1(5,14-3(8,9)10)2(6,7)15(11,12)13/h1-2H2;. The highest BCUT2D eigenvalue weighted by molar-refractivity contribution is 7.87. The predicted molar refractivity (Wildman–Crippen MR) is 48.2 cm³/mol. The molecule has 0 aromatic heterocycles. The smallest absolute Gasteiger partial charge is 0.458 e. The van der Waals surface area contributed by atoms with Gasteiger partial charge in [-0.05, 0) is 0 Å². The van der Waals surface area contributed by atoms with Crippen LogP contribution in [0.15, 0.2) is 12.0 Å². The Morgan fingerprint density at radius 1 is 0.957 bits per heavy atom. The zero-order valence-corrected chi connectivity index (χ0v) is 11.0. The molecule has 1 heterocycles. The van der Waals surface area contributed by atoms with Gasteiger partial charge >= 0.3 is 40.0 Å². The highest BCUT2D eigenvalue weighted by Crippen LogP contribution is 2.43. The first-order chi connectivity index (χ1) is 10.0. The van der Waals surface area contributed by atoms with Crippen LogP contribution in [0.2, 0.25) is 0 Å². The van der Waals surface area contributed by atoms with Gasteiger partial charge < -0.3 is 9.47 Å². The van der Waals surface area contributed by atoms with Gasteiger partial charge in [-0.2, -0.15) is 34.8 Å². The van der Waals surface area contributed by atoms with Gasteiger partial charge in [-0.3, -0.25) is 0 Å². The largest absolute Gasteiger partial charge is 0.527 e. The molecule has 5 nitrogen and oxygen atoms in total. The van der Waals surface area contributed by atoms with Crippen LogP contribution in [-0.4, -0.2) is 39.4 Å². The third kappa shape index (κ3) is 6.28. The van der Waals surface area contributed by atoms with E-state index in [9.17, 15) is 51.8 Å². The summed E-state index contributed by atoms with van der Waals surface area (Å²) in [5.74, 6) is -0.620. The number of hydrogen-bond donors (Lipinski definition) is 0. The topological polar surface area (TPSA) is 61.8 Å². The first-order valence-electron chi connectivity index (χ1n) is 4.79. The molecular formula is C7H4F10O5S. The minimum Gasteiger partial charge on any atom is -0.458 e. The zero-order chi connectivity index (χ0) is 18.7. The van der Waals surface area contributed by atoms with E-state index in [0.717, 1.165) is 0 Å². The van der Waals surface area contributed by atoms with Gasteiger partial charge in [0.1, 0.15) is 13.2 Å². The summed E-state index contributed by atoms with van der Waals surface area (Å²) in [7, 11) is -7.24. The van der Waals surface area contributed by atoms with E-state index in [0.29, 0.717) is 0 Å². The highest BCUT2D eigenvalue weighted by atomic mass is 32.3. The van der Waals surface area contributed by atoms with Crippen LogP contribution < -0.4 is 0 Å². The number of ether oxygens (including phenoxy) is 3. The van der Waals surface area contributed by atoms with Gasteiger partial charge in [0.25, 0.3) is 0 Å². The summed E-state index contributed by atoms with van der Waals surface area (Å²) >= 11 is 0. The fourth-order valence-electron chi connectivity index (χ4n) is 0.766. The van der Waals surface area contributed by atoms with Gasteiger partial charge in [0, 0.05) is 0 Å². The predicted octanol–water partition coefficient (Wildman–Crippen LogP) is 3.11. The van der Waals surface area contributed by atoms with Crippen molar-refractivity contribution in [3.8, 4) is 0 Å². The Morgan fingerprint density at radius 3 is 1.57 bits per heavy atom. The minimum absolute atomic E-state index is 0.229. The van der Waals surface area contributed by atoms with E-state index in [1.165, 1.54) is 4.74 Å².